The van der Waals surface area contributed by atoms with Crippen LogP contribution in [0, 0.1) is 116 Å². The van der Waals surface area contributed by atoms with Crippen molar-refractivity contribution in [1.82, 2.24) is 0 Å². The summed E-state index contributed by atoms with van der Waals surface area (Å²) in [5.74, 6) is -22.6. The van der Waals surface area contributed by atoms with E-state index in [9.17, 15) is 24.0 Å². The van der Waals surface area contributed by atoms with Crippen molar-refractivity contribution in [1.29, 1.82) is 0 Å². The van der Waals surface area contributed by atoms with E-state index in [0.717, 1.165) is 0 Å². The van der Waals surface area contributed by atoms with E-state index in [2.05, 4.69) is 0 Å². The molecule has 10 bridgehead atoms. The Hall–Kier alpha value is -7.35. The number of esters is 5. The monoisotopic (exact) mass is 1980 g/mol. The van der Waals surface area contributed by atoms with Crippen molar-refractivity contribution in [3.05, 3.63) is 0 Å². The number of alkyl halides is 15. The van der Waals surface area contributed by atoms with Crippen molar-refractivity contribution in [2.45, 2.75) is 426 Å². The van der Waals surface area contributed by atoms with Crippen molar-refractivity contribution >= 4 is 60.6 Å². The molecule has 0 spiro atoms. The first-order valence-corrected chi connectivity index (χ1v) is 47.0. The molecule has 0 N–H and O–H groups in total. The van der Waals surface area contributed by atoms with E-state index < -0.39 is 339 Å². The molecule has 0 radical (unpaired) electrons. The van der Waals surface area contributed by atoms with Crippen LogP contribution in [0.5, 0.6) is 0 Å². The summed E-state index contributed by atoms with van der Waals surface area (Å²) in [7, 11) is 0. The number of fused-ring (bicyclic) bond motifs is 10. The third kappa shape index (κ3) is 23.5. The van der Waals surface area contributed by atoms with Gasteiger partial charge < -0.3 is 71.1 Å². The zero-order valence-electron chi connectivity index (χ0n) is 82.9. The van der Waals surface area contributed by atoms with Gasteiger partial charge in [-0.3, -0.25) is 24.0 Å². The van der Waals surface area contributed by atoms with Gasteiger partial charge in [-0.1, -0.05) is 0 Å². The normalized spacial score (nSPS) is 32.0. The highest BCUT2D eigenvalue weighted by Crippen LogP contribution is 2.66. The molecule has 0 amide bonds. The van der Waals surface area contributed by atoms with Crippen molar-refractivity contribution in [2.75, 3.05) is 0 Å². The third-order valence-corrected chi connectivity index (χ3v) is 30.8. The number of hydrogen-bond donors (Lipinski definition) is 0. The van der Waals surface area contributed by atoms with Crippen LogP contribution >= 0.6 is 0 Å². The Bertz CT molecular complexity index is 4230. The lowest BCUT2D eigenvalue weighted by molar-refractivity contribution is -0.283. The molecule has 0 heterocycles. The minimum absolute atomic E-state index is 0.0310. The average Bonchev–Trinajstić information content (AvgIpc) is 1.66. The number of halogens is 15. The van der Waals surface area contributed by atoms with E-state index in [1.54, 1.807) is 0 Å². The Labute approximate surface area is 784 Å². The largest absolute Gasteiger partial charge is 0.509 e. The molecular formula is C96H139F15O25. The highest BCUT2D eigenvalue weighted by Gasteiger charge is 2.73. The van der Waals surface area contributed by atoms with E-state index in [-0.39, 0.29) is 77.0 Å². The van der Waals surface area contributed by atoms with Crippen LogP contribution in [-0.4, -0.2) is 178 Å². The number of carbonyl (C=O) groups is 10. The van der Waals surface area contributed by atoms with Crippen molar-refractivity contribution in [3.8, 4) is 0 Å². The van der Waals surface area contributed by atoms with Gasteiger partial charge in [0.15, 0.2) is 0 Å². The molecule has 40 heteroatoms. The second-order valence-electron chi connectivity index (χ2n) is 48.9. The topological polar surface area (TPSA) is 309 Å². The molecule has 10 aliphatic rings. The standard InChI is InChI=1S/C96H139F15O25/c1-77(2,3)127-72(117)132-87(23,92(97,98)99)57-33-52-28-47(57)38-62(52)122-67(112)82(16,17)43-84(20,69(114)124-64-40-49-30-54(64)35-59(49)89(25,94(103,104)105)134-74(119)129-79(7,8)9)45-86(22,71(116)126-66-42-51-32-56(66)37-61(51)91(27,96(109,110)111)136-76(121)131-81(13,14)15)46-85(21,70(115)125-65-41-50-31-55(65)36-60(50)90(26,95(106,107)108)135-75(120)130-80(10,11)12)44-83(18,19)68(113)123-63-39-48-29-53(63)34-58(48)88(24,93(100,101)102)133-73(118)128-78(4,5)6/h47-66H,28-46H2,1-27H3. The van der Waals surface area contributed by atoms with Crippen LogP contribution < -0.4 is 0 Å². The van der Waals surface area contributed by atoms with E-state index >= 15 is 89.8 Å². The van der Waals surface area contributed by atoms with Gasteiger partial charge >= 0.3 is 91.5 Å². The van der Waals surface area contributed by atoms with E-state index in [1.807, 2.05) is 0 Å². The average molecular weight is 1980 g/mol. The Kier molecular flexibility index (Phi) is 29.7. The van der Waals surface area contributed by atoms with Gasteiger partial charge in [-0.05, 0) is 368 Å². The Balaban J connectivity index is 1.06. The van der Waals surface area contributed by atoms with E-state index in [1.165, 1.54) is 152 Å². The summed E-state index contributed by atoms with van der Waals surface area (Å²) >= 11 is 0. The Morgan fingerprint density at radius 2 is 0.338 bits per heavy atom. The number of carbonyl (C=O) groups excluding carboxylic acids is 10. The van der Waals surface area contributed by atoms with E-state index in [0.29, 0.717) is 34.6 Å². The molecule has 136 heavy (non-hydrogen) atoms. The lowest BCUT2D eigenvalue weighted by Crippen LogP contribution is -2.55. The minimum Gasteiger partial charge on any atom is -0.462 e. The first-order chi connectivity index (χ1) is 61.0. The summed E-state index contributed by atoms with van der Waals surface area (Å²) in [6, 6.07) is 0. The molecule has 0 saturated heterocycles. The zero-order chi connectivity index (χ0) is 103. The zero-order valence-corrected chi connectivity index (χ0v) is 82.9. The van der Waals surface area contributed by atoms with Crippen molar-refractivity contribution in [2.24, 2.45) is 116 Å². The van der Waals surface area contributed by atoms with Gasteiger partial charge in [-0.25, -0.2) is 24.0 Å². The molecule has 0 aromatic rings. The van der Waals surface area contributed by atoms with Gasteiger partial charge in [-0.2, -0.15) is 65.9 Å². The summed E-state index contributed by atoms with van der Waals surface area (Å²) in [5.41, 5.74) is -33.7. The van der Waals surface area contributed by atoms with Crippen LogP contribution in [0.1, 0.15) is 309 Å². The van der Waals surface area contributed by atoms with Gasteiger partial charge in [0.2, 0.25) is 28.0 Å². The molecule has 25 nitrogen and oxygen atoms in total. The molecule has 10 aliphatic carbocycles. The van der Waals surface area contributed by atoms with Crippen LogP contribution in [0.4, 0.5) is 89.8 Å². The molecule has 778 valence electrons. The molecule has 0 aromatic heterocycles. The molecule has 10 fully saturated rings. The third-order valence-electron chi connectivity index (χ3n) is 30.8. The van der Waals surface area contributed by atoms with Crippen molar-refractivity contribution in [3.63, 3.8) is 0 Å². The summed E-state index contributed by atoms with van der Waals surface area (Å²) in [5, 5.41) is 0. The molecular weight excluding hydrogens is 1840 g/mol. The van der Waals surface area contributed by atoms with E-state index in [4.69, 9.17) is 71.1 Å². The number of hydrogen-bond acceptors (Lipinski definition) is 25. The lowest BCUT2D eigenvalue weighted by Gasteiger charge is -2.46. The smallest absolute Gasteiger partial charge is 0.462 e. The molecule has 0 aromatic carbocycles. The van der Waals surface area contributed by atoms with Gasteiger partial charge in [0.25, 0.3) is 0 Å². The summed E-state index contributed by atoms with van der Waals surface area (Å²) in [6.07, 6.45) is -47.2. The second-order valence-corrected chi connectivity index (χ2v) is 48.9. The molecule has 27 unspecified atom stereocenters. The fraction of sp³-hybridized carbons (Fsp3) is 0.896. The van der Waals surface area contributed by atoms with Crippen LogP contribution in [0.3, 0.4) is 0 Å². The fourth-order valence-electron chi connectivity index (χ4n) is 25.0. The van der Waals surface area contributed by atoms with Crippen molar-refractivity contribution < 1.29 is 185 Å². The molecule has 0 aliphatic heterocycles. The second kappa shape index (κ2) is 36.6. The quantitative estimate of drug-likeness (QED) is 0.0399. The molecule has 10 rings (SSSR count). The first-order valence-electron chi connectivity index (χ1n) is 47.0. The highest BCUT2D eigenvalue weighted by atomic mass is 19.4. The highest BCUT2D eigenvalue weighted by molar-refractivity contribution is 5.85. The summed E-state index contributed by atoms with van der Waals surface area (Å²) in [6.45, 7) is 33.6. The fourth-order valence-corrected chi connectivity index (χ4v) is 25.0. The van der Waals surface area contributed by atoms with Gasteiger partial charge in [0, 0.05) is 29.6 Å². The predicted molar refractivity (Wildman–Crippen MR) is 450 cm³/mol. The van der Waals surface area contributed by atoms with Crippen LogP contribution in [-0.2, 0) is 95.0 Å². The maximum absolute atomic E-state index is 16.7. The SMILES string of the molecule is CC(C)(C)OC(=O)OC(C)(C1CC2CC1CC2OC(=O)C(C)(C)CC(C)(CC(C)(CC(C)(CC(C)(C)C(=O)OC1CC2CC1CC2C(C)(OC(=O)OC(C)(C)C)C(F)(F)F)C(=O)OC1CC2CC1CC2C(C)(OC(=O)OC(C)(C)C)C(F)(F)F)C(=O)OC1CC2CC1CC2C(C)(OC(=O)OC(C)(C)C)C(F)(F)F)C(=O)OC1CC2CC1CC2C(C)(OC(=O)OC(C)(C)C)C(F)(F)F)C(F)(F)F. The van der Waals surface area contributed by atoms with Crippen LogP contribution in [0.2, 0.25) is 0 Å². The minimum atomic E-state index is -5.25. The van der Waals surface area contributed by atoms with Gasteiger partial charge in [-0.15, -0.1) is 0 Å². The molecule has 10 saturated carbocycles. The lowest BCUT2D eigenvalue weighted by atomic mass is 9.59. The first kappa shape index (κ1) is 111. The van der Waals surface area contributed by atoms with Gasteiger partial charge in [0.05, 0.1) is 27.1 Å². The van der Waals surface area contributed by atoms with Crippen LogP contribution in [0.25, 0.3) is 0 Å². The van der Waals surface area contributed by atoms with Crippen LogP contribution in [0.15, 0.2) is 0 Å². The maximum atomic E-state index is 16.7. The molecule has 27 atom stereocenters. The summed E-state index contributed by atoms with van der Waals surface area (Å²) < 4.78 is 317. The number of rotatable bonds is 28. The predicted octanol–water partition coefficient (Wildman–Crippen LogP) is 23.8. The Morgan fingerprint density at radius 3 is 0.471 bits per heavy atom. The number of ether oxygens (including phenoxy) is 15. The van der Waals surface area contributed by atoms with Gasteiger partial charge in [0.1, 0.15) is 58.5 Å². The Morgan fingerprint density at radius 1 is 0.191 bits per heavy atom. The maximum Gasteiger partial charge on any atom is 0.509 e. The summed E-state index contributed by atoms with van der Waals surface area (Å²) in [4.78, 5) is 146.